The Balaban J connectivity index is 2.12. The maximum atomic E-state index is 10.9. The van der Waals surface area contributed by atoms with E-state index in [-0.39, 0.29) is 6.42 Å². The lowest BCUT2D eigenvalue weighted by molar-refractivity contribution is -0.137. The van der Waals surface area contributed by atoms with Crippen molar-refractivity contribution < 1.29 is 9.90 Å². The van der Waals surface area contributed by atoms with E-state index >= 15 is 0 Å². The number of benzene rings is 1. The van der Waals surface area contributed by atoms with E-state index < -0.39 is 5.97 Å². The quantitative estimate of drug-likeness (QED) is 0.933. The van der Waals surface area contributed by atoms with Crippen molar-refractivity contribution in [1.29, 1.82) is 0 Å². The molecule has 0 atom stereocenters. The average molecular weight is 272 g/mol. The van der Waals surface area contributed by atoms with Gasteiger partial charge in [-0.15, -0.1) is 0 Å². The minimum Gasteiger partial charge on any atom is -0.481 e. The fraction of sp³-hybridized carbons (Fsp3) is 0.438. The molecule has 4 heteroatoms. The fourth-order valence-electron chi connectivity index (χ4n) is 3.22. The van der Waals surface area contributed by atoms with E-state index in [2.05, 4.69) is 34.7 Å². The maximum Gasteiger partial charge on any atom is 0.305 e. The molecule has 20 heavy (non-hydrogen) atoms. The molecule has 2 heterocycles. The molecular weight excluding hydrogens is 252 g/mol. The molecule has 0 saturated heterocycles. The topological polar surface area (TPSA) is 45.5 Å². The number of carbonyl (C=O) groups is 1. The maximum absolute atomic E-state index is 10.9. The first-order chi connectivity index (χ1) is 9.66. The minimum atomic E-state index is -0.734. The number of carboxylic acids is 1. The van der Waals surface area contributed by atoms with Crippen molar-refractivity contribution in [3.63, 3.8) is 0 Å². The monoisotopic (exact) mass is 272 g/mol. The molecule has 0 saturated carbocycles. The molecule has 0 bridgehead atoms. The summed E-state index contributed by atoms with van der Waals surface area (Å²) in [5, 5.41) is 10.2. The molecule has 0 fully saturated rings. The van der Waals surface area contributed by atoms with Crippen LogP contribution in [0.2, 0.25) is 0 Å². The minimum absolute atomic E-state index is 0.182. The van der Waals surface area contributed by atoms with Crippen molar-refractivity contribution in [3.8, 4) is 0 Å². The number of carboxylic acid groups (broad SMARTS) is 1. The number of aryl methyl sites for hydroxylation is 1. The SMILES string of the molecule is CN1CCCc2c(c3ccccc3n2CCC(=O)O)C1. The van der Waals surface area contributed by atoms with Gasteiger partial charge in [0.25, 0.3) is 0 Å². The molecule has 1 aliphatic heterocycles. The van der Waals surface area contributed by atoms with Gasteiger partial charge in [-0.1, -0.05) is 18.2 Å². The average Bonchev–Trinajstić information content (AvgIpc) is 2.57. The summed E-state index contributed by atoms with van der Waals surface area (Å²) in [6.45, 7) is 2.62. The van der Waals surface area contributed by atoms with Gasteiger partial charge in [-0.2, -0.15) is 0 Å². The molecular formula is C16H20N2O2. The van der Waals surface area contributed by atoms with E-state index in [4.69, 9.17) is 5.11 Å². The van der Waals surface area contributed by atoms with Crippen molar-refractivity contribution in [2.45, 2.75) is 32.4 Å². The molecule has 1 aliphatic rings. The van der Waals surface area contributed by atoms with Crippen LogP contribution in [0.4, 0.5) is 0 Å². The number of hydrogen-bond acceptors (Lipinski definition) is 2. The molecule has 0 spiro atoms. The highest BCUT2D eigenvalue weighted by atomic mass is 16.4. The van der Waals surface area contributed by atoms with Crippen LogP contribution in [-0.4, -0.2) is 34.1 Å². The molecule has 1 aromatic heterocycles. The Kier molecular flexibility index (Phi) is 3.49. The molecule has 4 nitrogen and oxygen atoms in total. The third kappa shape index (κ3) is 2.31. The lowest BCUT2D eigenvalue weighted by Crippen LogP contribution is -2.16. The van der Waals surface area contributed by atoms with Crippen LogP contribution in [0.3, 0.4) is 0 Å². The number of fused-ring (bicyclic) bond motifs is 3. The molecule has 106 valence electrons. The van der Waals surface area contributed by atoms with E-state index in [9.17, 15) is 4.79 Å². The van der Waals surface area contributed by atoms with Crippen LogP contribution in [0.1, 0.15) is 24.1 Å². The molecule has 1 aromatic carbocycles. The first kappa shape index (κ1) is 13.2. The van der Waals surface area contributed by atoms with Gasteiger partial charge in [0.15, 0.2) is 0 Å². The number of aliphatic carboxylic acids is 1. The van der Waals surface area contributed by atoms with Gasteiger partial charge < -0.3 is 14.6 Å². The standard InChI is InChI=1S/C16H20N2O2/c1-17-9-4-7-15-13(11-17)12-5-2-3-6-14(12)18(15)10-8-16(19)20/h2-3,5-6H,4,7-11H2,1H3,(H,19,20). The second-order valence-corrected chi connectivity index (χ2v) is 5.58. The summed E-state index contributed by atoms with van der Waals surface area (Å²) in [5.41, 5.74) is 3.89. The fourth-order valence-corrected chi connectivity index (χ4v) is 3.22. The van der Waals surface area contributed by atoms with Gasteiger partial charge in [-0.05, 0) is 38.1 Å². The van der Waals surface area contributed by atoms with Gasteiger partial charge in [0.1, 0.15) is 0 Å². The molecule has 2 aromatic rings. The van der Waals surface area contributed by atoms with Crippen LogP contribution < -0.4 is 0 Å². The van der Waals surface area contributed by atoms with Gasteiger partial charge in [0, 0.05) is 29.7 Å². The van der Waals surface area contributed by atoms with Crippen LogP contribution in [0.25, 0.3) is 10.9 Å². The number of hydrogen-bond donors (Lipinski definition) is 1. The first-order valence-corrected chi connectivity index (χ1v) is 7.16. The van der Waals surface area contributed by atoms with Crippen LogP contribution in [0.15, 0.2) is 24.3 Å². The Bertz CT molecular complexity index is 645. The van der Waals surface area contributed by atoms with Crippen molar-refractivity contribution in [3.05, 3.63) is 35.5 Å². The summed E-state index contributed by atoms with van der Waals surface area (Å²) in [6.07, 6.45) is 2.35. The van der Waals surface area contributed by atoms with Gasteiger partial charge >= 0.3 is 5.97 Å². The Hall–Kier alpha value is -1.81. The van der Waals surface area contributed by atoms with Crippen LogP contribution >= 0.6 is 0 Å². The van der Waals surface area contributed by atoms with Gasteiger partial charge in [-0.3, -0.25) is 4.79 Å². The highest BCUT2D eigenvalue weighted by Crippen LogP contribution is 2.30. The Morgan fingerprint density at radius 3 is 2.95 bits per heavy atom. The summed E-state index contributed by atoms with van der Waals surface area (Å²) in [6, 6.07) is 8.36. The molecule has 1 N–H and O–H groups in total. The Morgan fingerprint density at radius 1 is 1.35 bits per heavy atom. The van der Waals surface area contributed by atoms with Gasteiger partial charge in [0.2, 0.25) is 0 Å². The second-order valence-electron chi connectivity index (χ2n) is 5.58. The van der Waals surface area contributed by atoms with E-state index in [0.717, 1.165) is 25.9 Å². The number of nitrogens with zero attached hydrogens (tertiary/aromatic N) is 2. The summed E-state index contributed by atoms with van der Waals surface area (Å²) in [7, 11) is 2.15. The molecule has 0 aliphatic carbocycles. The lowest BCUT2D eigenvalue weighted by atomic mass is 10.1. The van der Waals surface area contributed by atoms with Crippen molar-refractivity contribution >= 4 is 16.9 Å². The molecule has 0 amide bonds. The Labute approximate surface area is 118 Å². The van der Waals surface area contributed by atoms with Crippen molar-refractivity contribution in [1.82, 2.24) is 9.47 Å². The van der Waals surface area contributed by atoms with E-state index in [0.29, 0.717) is 6.54 Å². The zero-order valence-corrected chi connectivity index (χ0v) is 11.8. The van der Waals surface area contributed by atoms with E-state index in [1.807, 2.05) is 6.07 Å². The summed E-state index contributed by atoms with van der Waals surface area (Å²) < 4.78 is 2.22. The summed E-state index contributed by atoms with van der Waals surface area (Å²) in [5.74, 6) is -0.734. The second kappa shape index (κ2) is 5.29. The number of aromatic nitrogens is 1. The van der Waals surface area contributed by atoms with Gasteiger partial charge in [0.05, 0.1) is 6.42 Å². The van der Waals surface area contributed by atoms with E-state index in [1.54, 1.807) is 0 Å². The highest BCUT2D eigenvalue weighted by Gasteiger charge is 2.20. The van der Waals surface area contributed by atoms with Crippen LogP contribution in [0, 0.1) is 0 Å². The molecule has 0 unspecified atom stereocenters. The van der Waals surface area contributed by atoms with Gasteiger partial charge in [-0.25, -0.2) is 0 Å². The third-order valence-electron chi connectivity index (χ3n) is 4.12. The number of rotatable bonds is 3. The lowest BCUT2D eigenvalue weighted by Gasteiger charge is -2.12. The smallest absolute Gasteiger partial charge is 0.305 e. The third-order valence-corrected chi connectivity index (χ3v) is 4.12. The number of para-hydroxylation sites is 1. The van der Waals surface area contributed by atoms with Crippen molar-refractivity contribution in [2.75, 3.05) is 13.6 Å². The summed E-state index contributed by atoms with van der Waals surface area (Å²) in [4.78, 5) is 13.2. The zero-order chi connectivity index (χ0) is 14.1. The normalized spacial score (nSPS) is 16.1. The van der Waals surface area contributed by atoms with Crippen LogP contribution in [0.5, 0.6) is 0 Å². The first-order valence-electron chi connectivity index (χ1n) is 7.16. The predicted molar refractivity (Wildman–Crippen MR) is 78.8 cm³/mol. The van der Waals surface area contributed by atoms with Crippen molar-refractivity contribution in [2.24, 2.45) is 0 Å². The molecule has 0 radical (unpaired) electrons. The van der Waals surface area contributed by atoms with Crippen LogP contribution in [-0.2, 0) is 24.3 Å². The predicted octanol–water partition coefficient (Wildman–Crippen LogP) is 2.49. The largest absolute Gasteiger partial charge is 0.481 e. The zero-order valence-electron chi connectivity index (χ0n) is 11.8. The highest BCUT2D eigenvalue weighted by molar-refractivity contribution is 5.85. The molecule has 3 rings (SSSR count). The van der Waals surface area contributed by atoms with E-state index in [1.165, 1.54) is 22.2 Å². The Morgan fingerprint density at radius 2 is 2.15 bits per heavy atom. The summed E-state index contributed by atoms with van der Waals surface area (Å²) >= 11 is 0.